The number of nitrogens with one attached hydrogen (secondary N) is 1. The maximum absolute atomic E-state index is 13.4. The normalized spacial score (nSPS) is 29.7. The van der Waals surface area contributed by atoms with E-state index in [1.807, 2.05) is 0 Å². The first-order chi connectivity index (χ1) is 15.9. The number of nitrogens with zero attached hydrogens (tertiary/aromatic N) is 2. The Morgan fingerprint density at radius 3 is 2.64 bits per heavy atom. The molecule has 3 heterocycles. The molecular weight excluding hydrogens is 446 g/mol. The fourth-order valence-corrected chi connectivity index (χ4v) is 6.68. The van der Waals surface area contributed by atoms with Gasteiger partial charge in [-0.25, -0.2) is 8.42 Å². The molecule has 4 rings (SSSR count). The average Bonchev–Trinajstić information content (AvgIpc) is 3.31. The zero-order chi connectivity index (χ0) is 23.3. The van der Waals surface area contributed by atoms with Crippen LogP contribution in [-0.4, -0.2) is 98.9 Å². The number of carbonyl (C=O) groups excluding carboxylic acids is 1. The molecular formula is C23H35N3O6S. The first kappa shape index (κ1) is 24.6. The Hall–Kier alpha value is -1.56. The smallest absolute Gasteiger partial charge is 0.243 e. The van der Waals surface area contributed by atoms with Gasteiger partial charge in [-0.1, -0.05) is 18.2 Å². The maximum atomic E-state index is 13.4. The summed E-state index contributed by atoms with van der Waals surface area (Å²) in [7, 11) is -3.81. The number of fused-ring (bicyclic) bond motifs is 1. The quantitative estimate of drug-likeness (QED) is 0.587. The molecule has 0 radical (unpaired) electrons. The van der Waals surface area contributed by atoms with E-state index in [1.165, 1.54) is 17.1 Å². The number of amides is 1. The molecule has 2 N–H and O–H groups in total. The minimum absolute atomic E-state index is 0.0367. The molecule has 4 atom stereocenters. The van der Waals surface area contributed by atoms with E-state index in [9.17, 15) is 18.3 Å². The van der Waals surface area contributed by atoms with Gasteiger partial charge in [0.15, 0.2) is 0 Å². The van der Waals surface area contributed by atoms with Crippen molar-refractivity contribution in [3.05, 3.63) is 30.3 Å². The Bertz CT molecular complexity index is 877. The predicted molar refractivity (Wildman–Crippen MR) is 122 cm³/mol. The van der Waals surface area contributed by atoms with Crippen LogP contribution in [0.1, 0.15) is 32.1 Å². The topological polar surface area (TPSA) is 108 Å². The summed E-state index contributed by atoms with van der Waals surface area (Å²) in [5.74, 6) is -0.0476. The third-order valence-electron chi connectivity index (χ3n) is 6.65. The second kappa shape index (κ2) is 11.2. The molecule has 1 amide bonds. The third-order valence-corrected chi connectivity index (χ3v) is 8.55. The summed E-state index contributed by atoms with van der Waals surface area (Å²) in [6.45, 7) is 3.85. The van der Waals surface area contributed by atoms with E-state index >= 15 is 0 Å². The molecule has 0 bridgehead atoms. The van der Waals surface area contributed by atoms with Crippen LogP contribution in [0.25, 0.3) is 0 Å². The lowest BCUT2D eigenvalue weighted by atomic mass is 9.96. The van der Waals surface area contributed by atoms with Gasteiger partial charge in [-0.15, -0.1) is 0 Å². The van der Waals surface area contributed by atoms with Gasteiger partial charge in [-0.05, 0) is 50.9 Å². The molecule has 1 aromatic carbocycles. The minimum atomic E-state index is -3.81. The fraction of sp³-hybridized carbons (Fsp3) is 0.696. The van der Waals surface area contributed by atoms with Crippen LogP contribution in [-0.2, 0) is 24.3 Å². The van der Waals surface area contributed by atoms with E-state index in [0.717, 1.165) is 19.6 Å². The molecule has 10 heteroatoms. The van der Waals surface area contributed by atoms with Crippen LogP contribution in [0.15, 0.2) is 35.2 Å². The highest BCUT2D eigenvalue weighted by molar-refractivity contribution is 7.89. The van der Waals surface area contributed by atoms with Crippen molar-refractivity contribution < 1.29 is 27.8 Å². The molecule has 3 fully saturated rings. The molecule has 0 unspecified atom stereocenters. The zero-order valence-electron chi connectivity index (χ0n) is 19.0. The summed E-state index contributed by atoms with van der Waals surface area (Å²) in [5.41, 5.74) is 0. The van der Waals surface area contributed by atoms with Crippen molar-refractivity contribution >= 4 is 15.9 Å². The Kier molecular flexibility index (Phi) is 8.37. The summed E-state index contributed by atoms with van der Waals surface area (Å²) in [4.78, 5) is 15.0. The number of aliphatic hydroxyl groups is 1. The average molecular weight is 482 g/mol. The second-order valence-electron chi connectivity index (χ2n) is 9.12. The van der Waals surface area contributed by atoms with Gasteiger partial charge in [-0.3, -0.25) is 4.79 Å². The summed E-state index contributed by atoms with van der Waals surface area (Å²) >= 11 is 0. The summed E-state index contributed by atoms with van der Waals surface area (Å²) < 4.78 is 39.9. The van der Waals surface area contributed by atoms with Gasteiger partial charge in [0.2, 0.25) is 15.9 Å². The summed E-state index contributed by atoms with van der Waals surface area (Å²) in [6.07, 6.45) is 2.11. The summed E-state index contributed by atoms with van der Waals surface area (Å²) in [6, 6.07) is 7.80. The van der Waals surface area contributed by atoms with Crippen LogP contribution in [0.2, 0.25) is 0 Å². The molecule has 3 saturated heterocycles. The van der Waals surface area contributed by atoms with Gasteiger partial charge >= 0.3 is 0 Å². The number of sulfonamides is 1. The monoisotopic (exact) mass is 481 g/mol. The lowest BCUT2D eigenvalue weighted by Crippen LogP contribution is -2.57. The lowest BCUT2D eigenvalue weighted by molar-refractivity contribution is -0.146. The van der Waals surface area contributed by atoms with Crippen molar-refractivity contribution in [1.29, 1.82) is 0 Å². The minimum Gasteiger partial charge on any atom is -0.389 e. The van der Waals surface area contributed by atoms with E-state index in [2.05, 4.69) is 10.2 Å². The lowest BCUT2D eigenvalue weighted by Gasteiger charge is -2.43. The Labute approximate surface area is 196 Å². The molecule has 1 aromatic rings. The van der Waals surface area contributed by atoms with Crippen molar-refractivity contribution in [3.8, 4) is 0 Å². The number of β-amino-alcohol motifs (C(OH)–C–C–N with tert-alkyl or cyclic N) is 1. The summed E-state index contributed by atoms with van der Waals surface area (Å²) in [5, 5.41) is 13.3. The zero-order valence-corrected chi connectivity index (χ0v) is 19.8. The van der Waals surface area contributed by atoms with Crippen LogP contribution >= 0.6 is 0 Å². The molecule has 33 heavy (non-hydrogen) atoms. The van der Waals surface area contributed by atoms with Crippen LogP contribution < -0.4 is 5.32 Å². The Morgan fingerprint density at radius 2 is 1.88 bits per heavy atom. The number of hydrogen-bond acceptors (Lipinski definition) is 7. The molecule has 184 valence electrons. The van der Waals surface area contributed by atoms with Crippen molar-refractivity contribution in [2.75, 3.05) is 45.9 Å². The molecule has 0 aromatic heterocycles. The van der Waals surface area contributed by atoms with E-state index in [-0.39, 0.29) is 43.1 Å². The van der Waals surface area contributed by atoms with Crippen molar-refractivity contribution in [3.63, 3.8) is 0 Å². The third kappa shape index (κ3) is 6.32. The van der Waals surface area contributed by atoms with Gasteiger partial charge in [0.25, 0.3) is 0 Å². The Morgan fingerprint density at radius 1 is 1.12 bits per heavy atom. The number of ether oxygens (including phenoxy) is 2. The van der Waals surface area contributed by atoms with Crippen LogP contribution in [0, 0.1) is 0 Å². The van der Waals surface area contributed by atoms with E-state index < -0.39 is 28.3 Å². The number of carbonyl (C=O) groups is 1. The van der Waals surface area contributed by atoms with Gasteiger partial charge in [0, 0.05) is 19.6 Å². The number of likely N-dealkylation sites (tertiary alicyclic amines) is 1. The van der Waals surface area contributed by atoms with Crippen molar-refractivity contribution in [2.45, 2.75) is 61.4 Å². The maximum Gasteiger partial charge on any atom is 0.243 e. The standard InChI is InChI=1S/C23H35N3O6S/c27-18-15-26(33(29,30)20-6-2-1-3-7-20)21-9-8-19(32-22(21)17-31-16-18)14-23(28)24-10-13-25-11-4-5-12-25/h1-3,6-7,18-19,21-22,27H,4-5,8-17H2,(H,24,28)/t18-,19+,21-,22+/m0/s1. The van der Waals surface area contributed by atoms with Crippen LogP contribution in [0.3, 0.4) is 0 Å². The van der Waals surface area contributed by atoms with Gasteiger partial charge < -0.3 is 24.8 Å². The largest absolute Gasteiger partial charge is 0.389 e. The van der Waals surface area contributed by atoms with E-state index in [0.29, 0.717) is 19.4 Å². The highest BCUT2D eigenvalue weighted by Crippen LogP contribution is 2.31. The highest BCUT2D eigenvalue weighted by atomic mass is 32.2. The van der Waals surface area contributed by atoms with Crippen LogP contribution in [0.5, 0.6) is 0 Å². The van der Waals surface area contributed by atoms with E-state index in [1.54, 1.807) is 30.3 Å². The molecule has 3 aliphatic heterocycles. The number of rotatable bonds is 7. The first-order valence-electron chi connectivity index (χ1n) is 11.9. The van der Waals surface area contributed by atoms with Gasteiger partial charge in [0.05, 0.1) is 48.9 Å². The number of aliphatic hydroxyl groups excluding tert-OH is 1. The number of hydrogen-bond donors (Lipinski definition) is 2. The van der Waals surface area contributed by atoms with Crippen molar-refractivity contribution in [1.82, 2.24) is 14.5 Å². The predicted octanol–water partition coefficient (Wildman–Crippen LogP) is 0.587. The SMILES string of the molecule is O=C(C[C@H]1CC[C@H]2[C@@H](COC[C@@H](O)CN2S(=O)(=O)c2ccccc2)O1)NCCN1CCCC1. The van der Waals surface area contributed by atoms with E-state index in [4.69, 9.17) is 9.47 Å². The van der Waals surface area contributed by atoms with Crippen molar-refractivity contribution in [2.24, 2.45) is 0 Å². The van der Waals surface area contributed by atoms with Gasteiger partial charge in [-0.2, -0.15) is 4.31 Å². The molecule has 0 aliphatic carbocycles. The Balaban J connectivity index is 1.37. The fourth-order valence-electron chi connectivity index (χ4n) is 4.94. The molecule has 0 saturated carbocycles. The molecule has 3 aliphatic rings. The van der Waals surface area contributed by atoms with Gasteiger partial charge in [0.1, 0.15) is 0 Å². The highest BCUT2D eigenvalue weighted by Gasteiger charge is 2.43. The second-order valence-corrected chi connectivity index (χ2v) is 11.0. The van der Waals surface area contributed by atoms with Crippen LogP contribution in [0.4, 0.5) is 0 Å². The number of benzene rings is 1. The molecule has 9 nitrogen and oxygen atoms in total. The molecule has 0 spiro atoms. The first-order valence-corrected chi connectivity index (χ1v) is 13.3.